The Hall–Kier alpha value is -3.55. The third kappa shape index (κ3) is 5.21. The number of ether oxygens (including phenoxy) is 3. The molecule has 1 saturated heterocycles. The second kappa shape index (κ2) is 9.88. The smallest absolute Gasteiger partial charge is 0.417 e. The molecule has 0 bridgehead atoms. The lowest BCUT2D eigenvalue weighted by molar-refractivity contribution is -0.272. The van der Waals surface area contributed by atoms with Crippen LogP contribution >= 0.6 is 0 Å². The first-order chi connectivity index (χ1) is 18.1. The van der Waals surface area contributed by atoms with E-state index in [1.807, 2.05) is 0 Å². The van der Waals surface area contributed by atoms with Gasteiger partial charge in [-0.25, -0.2) is 8.78 Å². The molecule has 1 aliphatic carbocycles. The molecule has 2 fully saturated rings. The van der Waals surface area contributed by atoms with E-state index < -0.39 is 83.7 Å². The summed E-state index contributed by atoms with van der Waals surface area (Å²) < 4.78 is 100. The van der Waals surface area contributed by atoms with Crippen molar-refractivity contribution >= 4 is 17.5 Å². The number of rotatable bonds is 7. The first kappa shape index (κ1) is 28.5. The molecule has 3 N–H and O–H groups in total. The van der Waals surface area contributed by atoms with E-state index in [0.29, 0.717) is 0 Å². The lowest BCUT2D eigenvalue weighted by Gasteiger charge is -2.35. The molecule has 2 heterocycles. The number of methoxy groups -OCH3 is 1. The second-order valence-electron chi connectivity index (χ2n) is 9.75. The standard InChI is InChI=1S/C25H25F6N3O5/c1-11-17(14-4-5-16(18(26)19(14)37-3)38-13-9-24(27,28)10-13)20(39-23(11,2)25(29,30)31)22(36)34-12-6-7-33-15(8-12)21(32)35/h4-8,11,13,17,20H,9-10H2,1-3H3,(H2,32,35)(H,33,34,36)/t11-,17-,20+,23+/m0/s1. The van der Waals surface area contributed by atoms with Gasteiger partial charge < -0.3 is 25.3 Å². The SMILES string of the molecule is COc1c([C@H]2[C@H](C(=O)Nc3ccnc(C(N)=O)c3)O[C@@](C)(C(F)(F)F)[C@H]2C)ccc(OC2CC(F)(F)C2)c1F. The zero-order valence-electron chi connectivity index (χ0n) is 20.9. The van der Waals surface area contributed by atoms with Crippen LogP contribution in [0.2, 0.25) is 0 Å². The highest BCUT2D eigenvalue weighted by atomic mass is 19.4. The highest BCUT2D eigenvalue weighted by Crippen LogP contribution is 2.55. The Balaban J connectivity index is 1.71. The number of carbonyl (C=O) groups is 2. The van der Waals surface area contributed by atoms with Gasteiger partial charge in [-0.1, -0.05) is 13.0 Å². The summed E-state index contributed by atoms with van der Waals surface area (Å²) in [7, 11) is 1.07. The molecule has 0 spiro atoms. The van der Waals surface area contributed by atoms with E-state index >= 15 is 4.39 Å². The van der Waals surface area contributed by atoms with Crippen molar-refractivity contribution in [1.82, 2.24) is 4.98 Å². The number of nitrogens with one attached hydrogen (secondary N) is 1. The Morgan fingerprint density at radius 1 is 1.21 bits per heavy atom. The molecule has 1 aliphatic heterocycles. The van der Waals surface area contributed by atoms with Crippen LogP contribution in [-0.4, -0.2) is 53.8 Å². The molecule has 8 nitrogen and oxygen atoms in total. The molecule has 0 radical (unpaired) electrons. The Morgan fingerprint density at radius 2 is 1.87 bits per heavy atom. The van der Waals surface area contributed by atoms with Crippen molar-refractivity contribution < 1.29 is 50.1 Å². The molecule has 14 heteroatoms. The number of carbonyl (C=O) groups excluding carboxylic acids is 2. The van der Waals surface area contributed by atoms with Crippen LogP contribution in [0.3, 0.4) is 0 Å². The molecule has 1 saturated carbocycles. The normalized spacial score (nSPS) is 26.5. The van der Waals surface area contributed by atoms with Crippen LogP contribution in [0.25, 0.3) is 0 Å². The molecule has 212 valence electrons. The summed E-state index contributed by atoms with van der Waals surface area (Å²) in [6, 6.07) is 4.74. The molecular weight excluding hydrogens is 536 g/mol. The van der Waals surface area contributed by atoms with Crippen LogP contribution in [0.1, 0.15) is 48.7 Å². The molecule has 39 heavy (non-hydrogen) atoms. The third-order valence-corrected chi connectivity index (χ3v) is 7.21. The minimum Gasteiger partial charge on any atom is -0.493 e. The maximum atomic E-state index is 15.4. The molecular formula is C25H25F6N3O5. The van der Waals surface area contributed by atoms with E-state index in [4.69, 9.17) is 19.9 Å². The van der Waals surface area contributed by atoms with E-state index in [9.17, 15) is 31.5 Å². The molecule has 0 unspecified atom stereocenters. The van der Waals surface area contributed by atoms with Gasteiger partial charge in [-0.05, 0) is 25.1 Å². The number of primary amides is 1. The average molecular weight is 561 g/mol. The maximum Gasteiger partial charge on any atom is 0.417 e. The lowest BCUT2D eigenvalue weighted by atomic mass is 9.77. The number of hydrogen-bond donors (Lipinski definition) is 2. The highest BCUT2D eigenvalue weighted by Gasteiger charge is 2.66. The van der Waals surface area contributed by atoms with Crippen molar-refractivity contribution in [2.45, 2.75) is 62.5 Å². The van der Waals surface area contributed by atoms with Gasteiger partial charge in [-0.2, -0.15) is 17.6 Å². The topological polar surface area (TPSA) is 113 Å². The number of halogens is 6. The van der Waals surface area contributed by atoms with Crippen LogP contribution in [0.4, 0.5) is 32.0 Å². The number of nitrogens with two attached hydrogens (primary N) is 1. The first-order valence-electron chi connectivity index (χ1n) is 11.8. The Morgan fingerprint density at radius 3 is 2.44 bits per heavy atom. The summed E-state index contributed by atoms with van der Waals surface area (Å²) in [4.78, 5) is 28.4. The number of alkyl halides is 5. The van der Waals surface area contributed by atoms with E-state index in [0.717, 1.165) is 26.2 Å². The fourth-order valence-corrected chi connectivity index (χ4v) is 4.86. The van der Waals surface area contributed by atoms with E-state index in [2.05, 4.69) is 10.3 Å². The van der Waals surface area contributed by atoms with Gasteiger partial charge in [0.2, 0.25) is 5.82 Å². The lowest BCUT2D eigenvalue weighted by Crippen LogP contribution is -2.47. The Kier molecular flexibility index (Phi) is 7.21. The van der Waals surface area contributed by atoms with Crippen LogP contribution in [-0.2, 0) is 9.53 Å². The Labute approximate surface area is 218 Å². The van der Waals surface area contributed by atoms with E-state index in [1.165, 1.54) is 25.3 Å². The maximum absolute atomic E-state index is 15.4. The number of pyridine rings is 1. The average Bonchev–Trinajstić information content (AvgIpc) is 3.11. The van der Waals surface area contributed by atoms with Crippen LogP contribution in [0.15, 0.2) is 30.5 Å². The summed E-state index contributed by atoms with van der Waals surface area (Å²) in [5.41, 5.74) is 2.07. The zero-order valence-corrected chi connectivity index (χ0v) is 20.9. The first-order valence-corrected chi connectivity index (χ1v) is 11.8. The monoisotopic (exact) mass is 561 g/mol. The largest absolute Gasteiger partial charge is 0.493 e. The molecule has 2 amide bonds. The number of amides is 2. The predicted octanol–water partition coefficient (Wildman–Crippen LogP) is 4.58. The van der Waals surface area contributed by atoms with Crippen molar-refractivity contribution in [3.63, 3.8) is 0 Å². The molecule has 2 aromatic rings. The van der Waals surface area contributed by atoms with Crippen molar-refractivity contribution in [3.8, 4) is 11.5 Å². The van der Waals surface area contributed by atoms with Gasteiger partial charge in [0.25, 0.3) is 17.7 Å². The summed E-state index contributed by atoms with van der Waals surface area (Å²) in [6.07, 6.45) is -7.70. The third-order valence-electron chi connectivity index (χ3n) is 7.21. The number of benzene rings is 1. The number of anilines is 1. The fraction of sp³-hybridized carbons (Fsp3) is 0.480. The summed E-state index contributed by atoms with van der Waals surface area (Å²) in [5, 5.41) is 2.39. The molecule has 4 rings (SSSR count). The van der Waals surface area contributed by atoms with Crippen molar-refractivity contribution in [3.05, 3.63) is 47.5 Å². The Bertz CT molecular complexity index is 1280. The zero-order chi connectivity index (χ0) is 28.9. The second-order valence-corrected chi connectivity index (χ2v) is 9.75. The van der Waals surface area contributed by atoms with Gasteiger partial charge in [-0.3, -0.25) is 14.6 Å². The van der Waals surface area contributed by atoms with Gasteiger partial charge >= 0.3 is 6.18 Å². The number of aromatic nitrogens is 1. The van der Waals surface area contributed by atoms with Crippen LogP contribution in [0, 0.1) is 11.7 Å². The van der Waals surface area contributed by atoms with Crippen LogP contribution < -0.4 is 20.5 Å². The molecule has 1 aromatic heterocycles. The minimum atomic E-state index is -4.92. The quantitative estimate of drug-likeness (QED) is 0.479. The van der Waals surface area contributed by atoms with Gasteiger partial charge in [-0.15, -0.1) is 0 Å². The van der Waals surface area contributed by atoms with Crippen LogP contribution in [0.5, 0.6) is 11.5 Å². The van der Waals surface area contributed by atoms with Crippen molar-refractivity contribution in [1.29, 1.82) is 0 Å². The number of hydrogen-bond acceptors (Lipinski definition) is 6. The molecule has 2 aliphatic rings. The van der Waals surface area contributed by atoms with E-state index in [1.54, 1.807) is 0 Å². The van der Waals surface area contributed by atoms with Gasteiger partial charge in [0, 0.05) is 42.1 Å². The van der Waals surface area contributed by atoms with Gasteiger partial charge in [0.05, 0.1) is 7.11 Å². The molecule has 1 aromatic carbocycles. The fourth-order valence-electron chi connectivity index (χ4n) is 4.86. The minimum absolute atomic E-state index is 0.0126. The van der Waals surface area contributed by atoms with Gasteiger partial charge in [0.1, 0.15) is 17.9 Å². The van der Waals surface area contributed by atoms with Gasteiger partial charge in [0.15, 0.2) is 17.1 Å². The highest BCUT2D eigenvalue weighted by molar-refractivity contribution is 5.97. The van der Waals surface area contributed by atoms with Crippen molar-refractivity contribution in [2.75, 3.05) is 12.4 Å². The summed E-state index contributed by atoms with van der Waals surface area (Å²) >= 11 is 0. The van der Waals surface area contributed by atoms with Crippen molar-refractivity contribution in [2.24, 2.45) is 11.7 Å². The number of nitrogens with zero attached hydrogens (tertiary/aromatic N) is 1. The van der Waals surface area contributed by atoms with E-state index in [-0.39, 0.29) is 16.9 Å². The predicted molar refractivity (Wildman–Crippen MR) is 124 cm³/mol. The summed E-state index contributed by atoms with van der Waals surface area (Å²) in [6.45, 7) is 1.99. The molecule has 4 atom stereocenters. The summed E-state index contributed by atoms with van der Waals surface area (Å²) in [5.74, 6) is -9.66.